The van der Waals surface area contributed by atoms with Crippen LogP contribution in [-0.2, 0) is 6.54 Å². The number of hydrogen-bond acceptors (Lipinski definition) is 3. The summed E-state index contributed by atoms with van der Waals surface area (Å²) in [6.07, 6.45) is 0.959. The summed E-state index contributed by atoms with van der Waals surface area (Å²) in [5, 5.41) is 6.32. The first kappa shape index (κ1) is 16.8. The lowest BCUT2D eigenvalue weighted by molar-refractivity contribution is 0.273. The van der Waals surface area contributed by atoms with Crippen LogP contribution in [0.3, 0.4) is 0 Å². The Kier molecular flexibility index (Phi) is 5.38. The number of rotatable bonds is 7. The molecular formula is C19H22ClN3O. The van der Waals surface area contributed by atoms with Gasteiger partial charge in [0.1, 0.15) is 0 Å². The number of halogens is 1. The standard InChI is InChI=1S/C19H22ClN3O/c1-22(2)11-6-12-24-19-17-13-16(20)9-10-18(17)23(21-19)14-15-7-4-3-5-8-15/h3-5,7-10,13H,6,11-12,14H2,1-2H3. The van der Waals surface area contributed by atoms with Crippen LogP contribution in [0.15, 0.2) is 48.5 Å². The van der Waals surface area contributed by atoms with E-state index in [-0.39, 0.29) is 0 Å². The largest absolute Gasteiger partial charge is 0.476 e. The first-order chi connectivity index (χ1) is 11.6. The fourth-order valence-corrected chi connectivity index (χ4v) is 2.83. The van der Waals surface area contributed by atoms with Crippen molar-refractivity contribution >= 4 is 22.5 Å². The Morgan fingerprint density at radius 3 is 2.67 bits per heavy atom. The summed E-state index contributed by atoms with van der Waals surface area (Å²) in [5.74, 6) is 0.655. The van der Waals surface area contributed by atoms with Crippen LogP contribution in [0, 0.1) is 0 Å². The van der Waals surface area contributed by atoms with Gasteiger partial charge in [-0.1, -0.05) is 41.9 Å². The maximum absolute atomic E-state index is 6.16. The van der Waals surface area contributed by atoms with Crippen molar-refractivity contribution in [3.8, 4) is 5.88 Å². The number of fused-ring (bicyclic) bond motifs is 1. The number of aromatic nitrogens is 2. The van der Waals surface area contributed by atoms with E-state index in [0.29, 0.717) is 24.1 Å². The zero-order valence-corrected chi connectivity index (χ0v) is 14.8. The zero-order valence-electron chi connectivity index (χ0n) is 14.1. The van der Waals surface area contributed by atoms with Gasteiger partial charge in [0.05, 0.1) is 24.1 Å². The highest BCUT2D eigenvalue weighted by molar-refractivity contribution is 6.31. The van der Waals surface area contributed by atoms with Gasteiger partial charge in [0, 0.05) is 11.6 Å². The van der Waals surface area contributed by atoms with Crippen molar-refractivity contribution in [1.29, 1.82) is 0 Å². The molecule has 0 bridgehead atoms. The molecule has 0 aliphatic rings. The minimum Gasteiger partial charge on any atom is -0.476 e. The van der Waals surface area contributed by atoms with Crippen LogP contribution < -0.4 is 4.74 Å². The van der Waals surface area contributed by atoms with Gasteiger partial charge in [-0.05, 0) is 44.3 Å². The highest BCUT2D eigenvalue weighted by Gasteiger charge is 2.12. The maximum Gasteiger partial charge on any atom is 0.240 e. The van der Waals surface area contributed by atoms with Crippen molar-refractivity contribution in [1.82, 2.24) is 14.7 Å². The van der Waals surface area contributed by atoms with E-state index in [1.807, 2.05) is 41.1 Å². The molecule has 0 saturated heterocycles. The van der Waals surface area contributed by atoms with Crippen molar-refractivity contribution in [2.45, 2.75) is 13.0 Å². The lowest BCUT2D eigenvalue weighted by Crippen LogP contribution is -2.15. The van der Waals surface area contributed by atoms with E-state index < -0.39 is 0 Å². The molecule has 0 radical (unpaired) electrons. The topological polar surface area (TPSA) is 30.3 Å². The van der Waals surface area contributed by atoms with Gasteiger partial charge in [-0.3, -0.25) is 4.68 Å². The van der Waals surface area contributed by atoms with Crippen molar-refractivity contribution in [2.75, 3.05) is 27.2 Å². The van der Waals surface area contributed by atoms with Crippen LogP contribution in [0.1, 0.15) is 12.0 Å². The molecule has 2 aromatic carbocycles. The quantitative estimate of drug-likeness (QED) is 0.606. The summed E-state index contributed by atoms with van der Waals surface area (Å²) in [4.78, 5) is 2.15. The zero-order chi connectivity index (χ0) is 16.9. The number of ether oxygens (including phenoxy) is 1. The Hall–Kier alpha value is -2.04. The second-order valence-electron chi connectivity index (χ2n) is 6.12. The minimum absolute atomic E-state index is 0.641. The fourth-order valence-electron chi connectivity index (χ4n) is 2.66. The van der Waals surface area contributed by atoms with Gasteiger partial charge in [-0.2, -0.15) is 0 Å². The van der Waals surface area contributed by atoms with Gasteiger partial charge in [0.2, 0.25) is 5.88 Å². The van der Waals surface area contributed by atoms with Crippen molar-refractivity contribution < 1.29 is 4.74 Å². The second-order valence-corrected chi connectivity index (χ2v) is 6.55. The van der Waals surface area contributed by atoms with Gasteiger partial charge in [-0.25, -0.2) is 0 Å². The molecule has 1 aromatic heterocycles. The van der Waals surface area contributed by atoms with Crippen LogP contribution in [0.4, 0.5) is 0 Å². The van der Waals surface area contributed by atoms with E-state index in [0.717, 1.165) is 23.9 Å². The van der Waals surface area contributed by atoms with Gasteiger partial charge < -0.3 is 9.64 Å². The van der Waals surface area contributed by atoms with Crippen LogP contribution in [0.2, 0.25) is 5.02 Å². The summed E-state index contributed by atoms with van der Waals surface area (Å²) in [5.41, 5.74) is 2.24. The molecular weight excluding hydrogens is 322 g/mol. The molecule has 126 valence electrons. The van der Waals surface area contributed by atoms with E-state index in [1.165, 1.54) is 5.56 Å². The molecule has 24 heavy (non-hydrogen) atoms. The summed E-state index contributed by atoms with van der Waals surface area (Å²) in [7, 11) is 4.12. The smallest absolute Gasteiger partial charge is 0.240 e. The molecule has 4 nitrogen and oxygen atoms in total. The monoisotopic (exact) mass is 343 g/mol. The third-order valence-electron chi connectivity index (χ3n) is 3.84. The van der Waals surface area contributed by atoms with Crippen molar-refractivity contribution in [2.24, 2.45) is 0 Å². The summed E-state index contributed by atoms with van der Waals surface area (Å²) in [6.45, 7) is 2.34. The first-order valence-corrected chi connectivity index (χ1v) is 8.49. The maximum atomic E-state index is 6.16. The number of nitrogens with zero attached hydrogens (tertiary/aromatic N) is 3. The molecule has 0 atom stereocenters. The summed E-state index contributed by atoms with van der Waals surface area (Å²) < 4.78 is 7.90. The molecule has 5 heteroatoms. The summed E-state index contributed by atoms with van der Waals surface area (Å²) in [6, 6.07) is 16.1. The Balaban J connectivity index is 1.84. The molecule has 3 rings (SSSR count). The Bertz CT molecular complexity index is 799. The van der Waals surface area contributed by atoms with Gasteiger partial charge in [-0.15, -0.1) is 5.10 Å². The van der Waals surface area contributed by atoms with Gasteiger partial charge in [0.15, 0.2) is 0 Å². The van der Waals surface area contributed by atoms with Crippen LogP contribution in [-0.4, -0.2) is 41.9 Å². The lowest BCUT2D eigenvalue weighted by atomic mass is 10.2. The molecule has 0 aliphatic heterocycles. The summed E-state index contributed by atoms with van der Waals surface area (Å²) >= 11 is 6.16. The Morgan fingerprint density at radius 1 is 1.12 bits per heavy atom. The normalized spacial score (nSPS) is 11.3. The molecule has 1 heterocycles. The average Bonchev–Trinajstić information content (AvgIpc) is 2.89. The third kappa shape index (κ3) is 4.08. The fraction of sp³-hybridized carbons (Fsp3) is 0.316. The van der Waals surface area contributed by atoms with Crippen LogP contribution in [0.5, 0.6) is 5.88 Å². The van der Waals surface area contributed by atoms with Gasteiger partial charge in [0.25, 0.3) is 0 Å². The van der Waals surface area contributed by atoms with Crippen LogP contribution >= 0.6 is 11.6 Å². The Morgan fingerprint density at radius 2 is 1.92 bits per heavy atom. The predicted molar refractivity (Wildman–Crippen MR) is 99.0 cm³/mol. The average molecular weight is 344 g/mol. The van der Waals surface area contributed by atoms with E-state index in [4.69, 9.17) is 16.3 Å². The molecule has 0 spiro atoms. The molecule has 0 saturated carbocycles. The molecule has 0 amide bonds. The highest BCUT2D eigenvalue weighted by Crippen LogP contribution is 2.28. The van der Waals surface area contributed by atoms with E-state index in [1.54, 1.807) is 0 Å². The predicted octanol–water partition coefficient (Wildman–Crippen LogP) is 4.07. The SMILES string of the molecule is CN(C)CCCOc1nn(Cc2ccccc2)c2ccc(Cl)cc12. The lowest BCUT2D eigenvalue weighted by Gasteiger charge is -2.09. The molecule has 3 aromatic rings. The van der Waals surface area contributed by atoms with Crippen LogP contribution in [0.25, 0.3) is 10.9 Å². The second kappa shape index (κ2) is 7.69. The highest BCUT2D eigenvalue weighted by atomic mass is 35.5. The third-order valence-corrected chi connectivity index (χ3v) is 4.08. The number of hydrogen-bond donors (Lipinski definition) is 0. The first-order valence-electron chi connectivity index (χ1n) is 8.11. The van der Waals surface area contributed by atoms with E-state index in [2.05, 4.69) is 36.2 Å². The molecule has 0 aliphatic carbocycles. The van der Waals surface area contributed by atoms with Crippen molar-refractivity contribution in [3.05, 3.63) is 59.1 Å². The van der Waals surface area contributed by atoms with E-state index in [9.17, 15) is 0 Å². The van der Waals surface area contributed by atoms with Gasteiger partial charge >= 0.3 is 0 Å². The molecule has 0 N–H and O–H groups in total. The molecule has 0 fully saturated rings. The number of benzene rings is 2. The Labute approximate surface area is 147 Å². The molecule has 0 unspecified atom stereocenters. The van der Waals surface area contributed by atoms with E-state index >= 15 is 0 Å². The minimum atomic E-state index is 0.641. The van der Waals surface area contributed by atoms with Crippen molar-refractivity contribution in [3.63, 3.8) is 0 Å².